The second-order valence-corrected chi connectivity index (χ2v) is 3.02. The van der Waals surface area contributed by atoms with E-state index in [0.717, 1.165) is 0 Å². The highest BCUT2D eigenvalue weighted by atomic mass is 16.7. The molecule has 4 unspecified atom stereocenters. The fourth-order valence-electron chi connectivity index (χ4n) is 1.43. The zero-order valence-electron chi connectivity index (χ0n) is 7.69. The summed E-state index contributed by atoms with van der Waals surface area (Å²) in [5.74, 6) is 0. The van der Waals surface area contributed by atoms with E-state index >= 15 is 0 Å². The van der Waals surface area contributed by atoms with Crippen molar-refractivity contribution in [1.82, 2.24) is 0 Å². The van der Waals surface area contributed by atoms with Crippen LogP contribution in [-0.2, 0) is 14.2 Å². The van der Waals surface area contributed by atoms with Crippen LogP contribution in [0.4, 0.5) is 0 Å². The molecule has 0 aromatic rings. The minimum atomic E-state index is -0.823. The first-order valence-corrected chi connectivity index (χ1v) is 4.08. The Morgan fingerprint density at radius 2 is 1.83 bits per heavy atom. The maximum atomic E-state index is 9.35. The summed E-state index contributed by atoms with van der Waals surface area (Å²) in [5.41, 5.74) is 0. The summed E-state index contributed by atoms with van der Waals surface area (Å²) in [7, 11) is 3.19. The van der Waals surface area contributed by atoms with Crippen molar-refractivity contribution in [2.24, 2.45) is 0 Å². The number of ether oxygens (including phenoxy) is 3. The molecule has 0 spiro atoms. The van der Waals surface area contributed by atoms with Gasteiger partial charge in [0, 0.05) is 20.6 Å². The van der Waals surface area contributed by atoms with Crippen molar-refractivity contribution in [1.29, 1.82) is 0 Å². The van der Waals surface area contributed by atoms with Gasteiger partial charge in [-0.1, -0.05) is 0 Å². The van der Waals surface area contributed by atoms with Crippen LogP contribution in [0.25, 0.3) is 0 Å². The maximum absolute atomic E-state index is 9.35. The molecule has 0 bridgehead atoms. The second kappa shape index (κ2) is 4.18. The van der Waals surface area contributed by atoms with E-state index < -0.39 is 6.29 Å². The average Bonchev–Trinajstić information content (AvgIpc) is 2.05. The van der Waals surface area contributed by atoms with Crippen LogP contribution in [0, 0.1) is 0 Å². The third-order valence-electron chi connectivity index (χ3n) is 2.27. The van der Waals surface area contributed by atoms with Gasteiger partial charge in [0.25, 0.3) is 0 Å². The lowest BCUT2D eigenvalue weighted by atomic mass is 10.0. The van der Waals surface area contributed by atoms with Crippen molar-refractivity contribution in [2.75, 3.05) is 14.2 Å². The van der Waals surface area contributed by atoms with Crippen LogP contribution < -0.4 is 0 Å². The molecule has 1 aliphatic heterocycles. The Bertz CT molecular complexity index is 125. The van der Waals surface area contributed by atoms with Gasteiger partial charge in [-0.15, -0.1) is 0 Å². The predicted molar refractivity (Wildman–Crippen MR) is 42.8 cm³/mol. The third-order valence-corrected chi connectivity index (χ3v) is 2.27. The Hall–Kier alpha value is -0.160. The van der Waals surface area contributed by atoms with Crippen molar-refractivity contribution in [3.05, 3.63) is 0 Å². The maximum Gasteiger partial charge on any atom is 0.181 e. The fourth-order valence-corrected chi connectivity index (χ4v) is 1.43. The summed E-state index contributed by atoms with van der Waals surface area (Å²) in [5, 5.41) is 9.35. The molecule has 1 rings (SSSR count). The van der Waals surface area contributed by atoms with Crippen LogP contribution in [0.1, 0.15) is 13.3 Å². The first-order valence-electron chi connectivity index (χ1n) is 4.08. The summed E-state index contributed by atoms with van der Waals surface area (Å²) in [4.78, 5) is 0. The van der Waals surface area contributed by atoms with Gasteiger partial charge in [0.1, 0.15) is 6.10 Å². The number of rotatable bonds is 2. The zero-order chi connectivity index (χ0) is 9.14. The Labute approximate surface area is 72.4 Å². The molecular formula is C8H16O4. The average molecular weight is 176 g/mol. The lowest BCUT2D eigenvalue weighted by Crippen LogP contribution is -2.47. The van der Waals surface area contributed by atoms with Crippen molar-refractivity contribution in [2.45, 2.75) is 37.9 Å². The predicted octanol–water partition coefficient (Wildman–Crippen LogP) is 0.144. The molecule has 0 aliphatic carbocycles. The van der Waals surface area contributed by atoms with Gasteiger partial charge in [0.05, 0.1) is 12.2 Å². The topological polar surface area (TPSA) is 47.9 Å². The van der Waals surface area contributed by atoms with Gasteiger partial charge in [-0.3, -0.25) is 0 Å². The molecule has 0 saturated carbocycles. The molecule has 12 heavy (non-hydrogen) atoms. The first-order chi connectivity index (χ1) is 5.69. The summed E-state index contributed by atoms with van der Waals surface area (Å²) in [6, 6.07) is 0. The van der Waals surface area contributed by atoms with E-state index in [9.17, 15) is 5.11 Å². The van der Waals surface area contributed by atoms with Crippen LogP contribution in [0.5, 0.6) is 0 Å². The minimum absolute atomic E-state index is 0.0124. The van der Waals surface area contributed by atoms with Crippen LogP contribution in [-0.4, -0.2) is 43.9 Å². The molecule has 4 nitrogen and oxygen atoms in total. The standard InChI is InChI=1S/C8H16O4/c1-5-6(10-2)4-7(11-3)8(9)12-5/h5-9H,4H2,1-3H3. The van der Waals surface area contributed by atoms with Crippen molar-refractivity contribution in [3.63, 3.8) is 0 Å². The van der Waals surface area contributed by atoms with E-state index in [1.165, 1.54) is 0 Å². The van der Waals surface area contributed by atoms with Gasteiger partial charge in [-0.25, -0.2) is 0 Å². The SMILES string of the molecule is COC1CC(OC)C(O)OC1C. The molecule has 1 N–H and O–H groups in total. The molecule has 0 radical (unpaired) electrons. The number of hydrogen-bond acceptors (Lipinski definition) is 4. The molecule has 1 aliphatic rings. The number of methoxy groups -OCH3 is 2. The summed E-state index contributed by atoms with van der Waals surface area (Å²) in [6.07, 6.45) is -0.479. The molecule has 1 heterocycles. The van der Waals surface area contributed by atoms with Gasteiger partial charge in [-0.05, 0) is 6.92 Å². The quantitative estimate of drug-likeness (QED) is 0.650. The highest BCUT2D eigenvalue weighted by molar-refractivity contribution is 4.79. The molecule has 0 amide bonds. The lowest BCUT2D eigenvalue weighted by Gasteiger charge is -2.36. The smallest absolute Gasteiger partial charge is 0.181 e. The van der Waals surface area contributed by atoms with Gasteiger partial charge in [0.2, 0.25) is 0 Å². The molecule has 4 atom stereocenters. The van der Waals surface area contributed by atoms with E-state index in [4.69, 9.17) is 14.2 Å². The molecule has 1 fully saturated rings. The molecule has 0 aromatic carbocycles. The van der Waals surface area contributed by atoms with E-state index in [-0.39, 0.29) is 18.3 Å². The summed E-state index contributed by atoms with van der Waals surface area (Å²) in [6.45, 7) is 1.88. The van der Waals surface area contributed by atoms with Crippen molar-refractivity contribution in [3.8, 4) is 0 Å². The van der Waals surface area contributed by atoms with E-state index in [2.05, 4.69) is 0 Å². The highest BCUT2D eigenvalue weighted by Crippen LogP contribution is 2.22. The Morgan fingerprint density at radius 3 is 2.33 bits per heavy atom. The van der Waals surface area contributed by atoms with E-state index in [1.54, 1.807) is 14.2 Å². The number of aliphatic hydroxyl groups excluding tert-OH is 1. The monoisotopic (exact) mass is 176 g/mol. The largest absolute Gasteiger partial charge is 0.379 e. The van der Waals surface area contributed by atoms with Gasteiger partial charge >= 0.3 is 0 Å². The van der Waals surface area contributed by atoms with Crippen molar-refractivity contribution < 1.29 is 19.3 Å². The van der Waals surface area contributed by atoms with Gasteiger partial charge in [0.15, 0.2) is 6.29 Å². The fraction of sp³-hybridized carbons (Fsp3) is 1.00. The Morgan fingerprint density at radius 1 is 1.25 bits per heavy atom. The minimum Gasteiger partial charge on any atom is -0.379 e. The molecule has 72 valence electrons. The molecule has 1 saturated heterocycles. The summed E-state index contributed by atoms with van der Waals surface area (Å²) >= 11 is 0. The lowest BCUT2D eigenvalue weighted by molar-refractivity contribution is -0.250. The number of hydrogen-bond donors (Lipinski definition) is 1. The normalized spacial score (nSPS) is 43.0. The first kappa shape index (κ1) is 9.92. The molecule has 4 heteroatoms. The third kappa shape index (κ3) is 1.95. The molecule has 0 aromatic heterocycles. The summed E-state index contributed by atoms with van der Waals surface area (Å²) < 4.78 is 15.4. The van der Waals surface area contributed by atoms with Crippen LogP contribution >= 0.6 is 0 Å². The Balaban J connectivity index is 2.50. The van der Waals surface area contributed by atoms with Gasteiger partial charge in [-0.2, -0.15) is 0 Å². The van der Waals surface area contributed by atoms with Crippen LogP contribution in [0.2, 0.25) is 0 Å². The van der Waals surface area contributed by atoms with Crippen molar-refractivity contribution >= 4 is 0 Å². The highest BCUT2D eigenvalue weighted by Gasteiger charge is 2.34. The van der Waals surface area contributed by atoms with Crippen LogP contribution in [0.15, 0.2) is 0 Å². The molecular weight excluding hydrogens is 160 g/mol. The van der Waals surface area contributed by atoms with Gasteiger partial charge < -0.3 is 19.3 Å². The van der Waals surface area contributed by atoms with E-state index in [0.29, 0.717) is 6.42 Å². The zero-order valence-corrected chi connectivity index (χ0v) is 7.69. The second-order valence-electron chi connectivity index (χ2n) is 3.02. The van der Waals surface area contributed by atoms with E-state index in [1.807, 2.05) is 6.92 Å². The Kier molecular flexibility index (Phi) is 3.46. The van der Waals surface area contributed by atoms with Crippen LogP contribution in [0.3, 0.4) is 0 Å². The number of aliphatic hydroxyl groups is 1.